The van der Waals surface area contributed by atoms with Crippen molar-refractivity contribution >= 4 is 16.7 Å². The van der Waals surface area contributed by atoms with Crippen LogP contribution < -0.4 is 5.32 Å². The number of hydrogen-bond donors (Lipinski definition) is 1. The fraction of sp³-hybridized carbons (Fsp3) is 0.389. The van der Waals surface area contributed by atoms with Gasteiger partial charge >= 0.3 is 0 Å². The van der Waals surface area contributed by atoms with Gasteiger partial charge in [0.1, 0.15) is 0 Å². The van der Waals surface area contributed by atoms with Gasteiger partial charge in [-0.15, -0.1) is 0 Å². The number of hydrogen-bond acceptors (Lipinski definition) is 2. The molecule has 3 rings (SSSR count). The lowest BCUT2D eigenvalue weighted by Crippen LogP contribution is -2.48. The topological polar surface area (TPSA) is 32.3 Å². The monoisotopic (exact) mass is 282 g/mol. The van der Waals surface area contributed by atoms with Crippen LogP contribution in [0.2, 0.25) is 0 Å². The van der Waals surface area contributed by atoms with E-state index in [0.717, 1.165) is 42.3 Å². The van der Waals surface area contributed by atoms with Gasteiger partial charge in [-0.05, 0) is 43.1 Å². The first-order chi connectivity index (χ1) is 10.3. The fourth-order valence-corrected chi connectivity index (χ4v) is 3.28. The highest BCUT2D eigenvalue weighted by atomic mass is 16.2. The summed E-state index contributed by atoms with van der Waals surface area (Å²) in [4.78, 5) is 15.1. The Hall–Kier alpha value is -1.87. The zero-order valence-electron chi connectivity index (χ0n) is 12.5. The largest absolute Gasteiger partial charge is 0.334 e. The number of carbonyl (C=O) groups excluding carboxylic acids is 1. The molecule has 1 heterocycles. The summed E-state index contributed by atoms with van der Waals surface area (Å²) in [5.41, 5.74) is 0.830. The van der Waals surface area contributed by atoms with Gasteiger partial charge in [0.2, 0.25) is 0 Å². The summed E-state index contributed by atoms with van der Waals surface area (Å²) < 4.78 is 0. The van der Waals surface area contributed by atoms with Crippen molar-refractivity contribution in [2.75, 3.05) is 20.1 Å². The number of carbonyl (C=O) groups is 1. The van der Waals surface area contributed by atoms with Gasteiger partial charge in [-0.1, -0.05) is 36.4 Å². The zero-order valence-corrected chi connectivity index (χ0v) is 12.5. The van der Waals surface area contributed by atoms with Gasteiger partial charge in [-0.25, -0.2) is 0 Å². The Morgan fingerprint density at radius 3 is 2.86 bits per heavy atom. The molecule has 1 atom stereocenters. The van der Waals surface area contributed by atoms with Crippen molar-refractivity contribution < 1.29 is 4.79 Å². The Labute approximate surface area is 125 Å². The van der Waals surface area contributed by atoms with Crippen LogP contribution in [0, 0.1) is 0 Å². The average molecular weight is 282 g/mol. The average Bonchev–Trinajstić information content (AvgIpc) is 2.54. The summed E-state index contributed by atoms with van der Waals surface area (Å²) in [6.07, 6.45) is 3.42. The molecule has 2 aromatic rings. The SMILES string of the molecule is CNCC1CCCCN1C(=O)c1cccc2ccccc12. The molecule has 0 spiro atoms. The van der Waals surface area contributed by atoms with Crippen LogP contribution in [0.4, 0.5) is 0 Å². The van der Waals surface area contributed by atoms with Crippen LogP contribution in [0.25, 0.3) is 10.8 Å². The van der Waals surface area contributed by atoms with E-state index in [1.165, 1.54) is 6.42 Å². The molecule has 1 aliphatic rings. The van der Waals surface area contributed by atoms with E-state index in [2.05, 4.69) is 22.3 Å². The molecule has 3 heteroatoms. The molecule has 1 fully saturated rings. The van der Waals surface area contributed by atoms with Crippen LogP contribution in [0.5, 0.6) is 0 Å². The van der Waals surface area contributed by atoms with Crippen molar-refractivity contribution in [3.8, 4) is 0 Å². The number of benzene rings is 2. The van der Waals surface area contributed by atoms with Crippen LogP contribution in [0.1, 0.15) is 29.6 Å². The van der Waals surface area contributed by atoms with Crippen molar-refractivity contribution in [3.63, 3.8) is 0 Å². The molecule has 110 valence electrons. The number of fused-ring (bicyclic) bond motifs is 1. The molecule has 1 aliphatic heterocycles. The van der Waals surface area contributed by atoms with Crippen LogP contribution in [0.15, 0.2) is 42.5 Å². The Morgan fingerprint density at radius 1 is 1.19 bits per heavy atom. The number of likely N-dealkylation sites (N-methyl/N-ethyl adjacent to an activating group) is 1. The smallest absolute Gasteiger partial charge is 0.254 e. The molecule has 1 N–H and O–H groups in total. The molecule has 0 bridgehead atoms. The lowest BCUT2D eigenvalue weighted by molar-refractivity contribution is 0.0617. The minimum absolute atomic E-state index is 0.173. The number of piperidine rings is 1. The summed E-state index contributed by atoms with van der Waals surface area (Å²) >= 11 is 0. The van der Waals surface area contributed by atoms with E-state index >= 15 is 0 Å². The van der Waals surface area contributed by atoms with Gasteiger partial charge in [-0.2, -0.15) is 0 Å². The van der Waals surface area contributed by atoms with Crippen LogP contribution in [0.3, 0.4) is 0 Å². The minimum atomic E-state index is 0.173. The van der Waals surface area contributed by atoms with Gasteiger partial charge in [0.15, 0.2) is 0 Å². The van der Waals surface area contributed by atoms with E-state index in [1.807, 2.05) is 37.4 Å². The quantitative estimate of drug-likeness (QED) is 0.938. The first-order valence-corrected chi connectivity index (χ1v) is 7.74. The highest BCUT2D eigenvalue weighted by molar-refractivity contribution is 6.07. The molecule has 2 aromatic carbocycles. The number of likely N-dealkylation sites (tertiary alicyclic amines) is 1. The van der Waals surface area contributed by atoms with Gasteiger partial charge in [0.05, 0.1) is 0 Å². The van der Waals surface area contributed by atoms with Crippen molar-refractivity contribution in [1.29, 1.82) is 0 Å². The molecule has 1 unspecified atom stereocenters. The minimum Gasteiger partial charge on any atom is -0.334 e. The van der Waals surface area contributed by atoms with E-state index in [0.29, 0.717) is 6.04 Å². The van der Waals surface area contributed by atoms with Crippen molar-refractivity contribution in [2.45, 2.75) is 25.3 Å². The molecular weight excluding hydrogens is 260 g/mol. The van der Waals surface area contributed by atoms with Crippen molar-refractivity contribution in [3.05, 3.63) is 48.0 Å². The summed E-state index contributed by atoms with van der Waals surface area (Å²) in [7, 11) is 1.95. The normalized spacial score (nSPS) is 18.9. The van der Waals surface area contributed by atoms with Crippen molar-refractivity contribution in [2.24, 2.45) is 0 Å². The first-order valence-electron chi connectivity index (χ1n) is 7.74. The van der Waals surface area contributed by atoms with Gasteiger partial charge in [0, 0.05) is 24.7 Å². The summed E-state index contributed by atoms with van der Waals surface area (Å²) in [5.74, 6) is 0.173. The van der Waals surface area contributed by atoms with Gasteiger partial charge in [0.25, 0.3) is 5.91 Å². The first kappa shape index (κ1) is 14.1. The lowest BCUT2D eigenvalue weighted by atomic mass is 9.98. The van der Waals surface area contributed by atoms with E-state index in [4.69, 9.17) is 0 Å². The van der Waals surface area contributed by atoms with E-state index in [-0.39, 0.29) is 5.91 Å². The third-order valence-corrected chi connectivity index (χ3v) is 4.35. The standard InChI is InChI=1S/C18H22N2O/c1-19-13-15-9-4-5-12-20(15)18(21)17-11-6-8-14-7-2-3-10-16(14)17/h2-3,6-8,10-11,15,19H,4-5,9,12-13H2,1H3. The molecule has 0 radical (unpaired) electrons. The number of rotatable bonds is 3. The highest BCUT2D eigenvalue weighted by Gasteiger charge is 2.27. The van der Waals surface area contributed by atoms with Crippen LogP contribution in [-0.4, -0.2) is 37.0 Å². The van der Waals surface area contributed by atoms with E-state index in [9.17, 15) is 4.79 Å². The maximum atomic E-state index is 13.0. The zero-order chi connectivity index (χ0) is 14.7. The number of nitrogens with one attached hydrogen (secondary N) is 1. The maximum Gasteiger partial charge on any atom is 0.254 e. The number of nitrogens with zero attached hydrogens (tertiary/aromatic N) is 1. The molecule has 3 nitrogen and oxygen atoms in total. The maximum absolute atomic E-state index is 13.0. The lowest BCUT2D eigenvalue weighted by Gasteiger charge is -2.36. The van der Waals surface area contributed by atoms with Crippen LogP contribution in [-0.2, 0) is 0 Å². The Kier molecular flexibility index (Phi) is 4.20. The van der Waals surface area contributed by atoms with Gasteiger partial charge < -0.3 is 10.2 Å². The Balaban J connectivity index is 1.95. The van der Waals surface area contributed by atoms with Crippen molar-refractivity contribution in [1.82, 2.24) is 10.2 Å². The highest BCUT2D eigenvalue weighted by Crippen LogP contribution is 2.24. The van der Waals surface area contributed by atoms with E-state index < -0.39 is 0 Å². The molecule has 1 saturated heterocycles. The third kappa shape index (κ3) is 2.79. The summed E-state index contributed by atoms with van der Waals surface area (Å²) in [5, 5.41) is 5.40. The Morgan fingerprint density at radius 2 is 2.00 bits per heavy atom. The van der Waals surface area contributed by atoms with Crippen LogP contribution >= 0.6 is 0 Å². The third-order valence-electron chi connectivity index (χ3n) is 4.35. The summed E-state index contributed by atoms with van der Waals surface area (Å²) in [6.45, 7) is 1.74. The fourth-order valence-electron chi connectivity index (χ4n) is 3.28. The second kappa shape index (κ2) is 6.27. The number of amides is 1. The molecule has 1 amide bonds. The predicted octanol–water partition coefficient (Wildman–Crippen LogP) is 3.05. The van der Waals surface area contributed by atoms with E-state index in [1.54, 1.807) is 0 Å². The predicted molar refractivity (Wildman–Crippen MR) is 86.6 cm³/mol. The Bertz CT molecular complexity index is 631. The molecule has 0 aromatic heterocycles. The second-order valence-electron chi connectivity index (χ2n) is 5.73. The molecular formula is C18H22N2O. The molecule has 0 saturated carbocycles. The summed E-state index contributed by atoms with van der Waals surface area (Å²) in [6, 6.07) is 14.4. The van der Waals surface area contributed by atoms with Gasteiger partial charge in [-0.3, -0.25) is 4.79 Å². The molecule has 21 heavy (non-hydrogen) atoms. The second-order valence-corrected chi connectivity index (χ2v) is 5.73. The molecule has 0 aliphatic carbocycles.